The maximum Gasteiger partial charge on any atom is 0.317 e. The maximum absolute atomic E-state index is 12.1. The van der Waals surface area contributed by atoms with Crippen LogP contribution in [-0.2, 0) is 25.8 Å². The first-order valence-corrected chi connectivity index (χ1v) is 8.78. The van der Waals surface area contributed by atoms with E-state index < -0.39 is 27.8 Å². The number of benzene rings is 1. The average Bonchev–Trinajstić information content (AvgIpc) is 2.42. The Morgan fingerprint density at radius 1 is 1.23 bits per heavy atom. The van der Waals surface area contributed by atoms with Crippen LogP contribution in [-0.4, -0.2) is 56.5 Å². The molecule has 0 aliphatic carbocycles. The molecule has 0 spiro atoms. The molecule has 122 valence electrons. The second-order valence-corrected chi connectivity index (χ2v) is 7.20. The number of carboxylic acid groups (broad SMARTS) is 1. The second-order valence-electron chi connectivity index (χ2n) is 4.94. The number of aliphatic carboxylic acids is 1. The van der Waals surface area contributed by atoms with Crippen LogP contribution < -0.4 is 10.6 Å². The summed E-state index contributed by atoms with van der Waals surface area (Å²) in [6.07, 6.45) is 1.40. The zero-order valence-electron chi connectivity index (χ0n) is 12.3. The Balaban J connectivity index is 2.63. The number of amides is 1. The summed E-state index contributed by atoms with van der Waals surface area (Å²) < 4.78 is 22.1. The van der Waals surface area contributed by atoms with Gasteiger partial charge in [0.2, 0.25) is 5.91 Å². The minimum atomic E-state index is -3.16. The van der Waals surface area contributed by atoms with E-state index in [1.54, 1.807) is 0 Å². The van der Waals surface area contributed by atoms with E-state index in [9.17, 15) is 18.0 Å². The molecule has 0 fully saturated rings. The lowest BCUT2D eigenvalue weighted by atomic mass is 10.1. The third kappa shape index (κ3) is 7.75. The van der Waals surface area contributed by atoms with E-state index in [1.165, 1.54) is 0 Å². The third-order valence-electron chi connectivity index (χ3n) is 2.87. The molecular weight excluding hydrogens is 308 g/mol. The lowest BCUT2D eigenvalue weighted by Crippen LogP contribution is -2.48. The monoisotopic (exact) mass is 328 g/mol. The Morgan fingerprint density at radius 2 is 1.86 bits per heavy atom. The van der Waals surface area contributed by atoms with Crippen molar-refractivity contribution >= 4 is 21.7 Å². The first-order valence-electron chi connectivity index (χ1n) is 6.72. The van der Waals surface area contributed by atoms with Crippen molar-refractivity contribution in [2.45, 2.75) is 12.5 Å². The Labute approximate surface area is 129 Å². The quantitative estimate of drug-likeness (QED) is 0.560. The van der Waals surface area contributed by atoms with Crippen LogP contribution in [0.15, 0.2) is 30.3 Å². The van der Waals surface area contributed by atoms with Gasteiger partial charge in [-0.3, -0.25) is 14.9 Å². The smallest absolute Gasteiger partial charge is 0.317 e. The molecule has 1 rings (SSSR count). The summed E-state index contributed by atoms with van der Waals surface area (Å²) in [5, 5.41) is 13.9. The number of carbonyl (C=O) groups excluding carboxylic acids is 1. The number of hydrogen-bond donors (Lipinski definition) is 3. The van der Waals surface area contributed by atoms with E-state index >= 15 is 0 Å². The van der Waals surface area contributed by atoms with Crippen molar-refractivity contribution in [1.29, 1.82) is 0 Å². The highest BCUT2D eigenvalue weighted by atomic mass is 32.2. The summed E-state index contributed by atoms with van der Waals surface area (Å²) in [4.78, 5) is 22.7. The van der Waals surface area contributed by atoms with Gasteiger partial charge in [0.05, 0.1) is 18.3 Å². The van der Waals surface area contributed by atoms with Gasteiger partial charge in [-0.05, 0) is 12.0 Å². The molecule has 1 atom stereocenters. The maximum atomic E-state index is 12.1. The standard InChI is InChI=1S/C14H20N2O5S/c1-22(20,21)8-7-15-14(19)12(16-10-13(17)18)9-11-5-3-2-4-6-11/h2-6,12,16H,7-10H2,1H3,(H,15,19)(H,17,18)/t12-/m0/s1. The van der Waals surface area contributed by atoms with Gasteiger partial charge in [0.1, 0.15) is 9.84 Å². The van der Waals surface area contributed by atoms with Crippen LogP contribution >= 0.6 is 0 Å². The Morgan fingerprint density at radius 3 is 2.41 bits per heavy atom. The third-order valence-corrected chi connectivity index (χ3v) is 3.82. The fraction of sp³-hybridized carbons (Fsp3) is 0.429. The SMILES string of the molecule is CS(=O)(=O)CCNC(=O)[C@H](Cc1ccccc1)NCC(=O)O. The van der Waals surface area contributed by atoms with Crippen molar-refractivity contribution in [1.82, 2.24) is 10.6 Å². The summed E-state index contributed by atoms with van der Waals surface area (Å²) in [6.45, 7) is -0.352. The molecule has 0 saturated carbocycles. The summed E-state index contributed by atoms with van der Waals surface area (Å²) in [5.74, 6) is -1.65. The fourth-order valence-electron chi connectivity index (χ4n) is 1.80. The second kappa shape index (κ2) is 8.50. The van der Waals surface area contributed by atoms with E-state index in [2.05, 4.69) is 10.6 Å². The zero-order chi connectivity index (χ0) is 16.6. The number of carboxylic acids is 1. The largest absolute Gasteiger partial charge is 0.480 e. The number of rotatable bonds is 9. The molecule has 0 bridgehead atoms. The van der Waals surface area contributed by atoms with Gasteiger partial charge in [-0.2, -0.15) is 0 Å². The van der Waals surface area contributed by atoms with Gasteiger partial charge in [0, 0.05) is 12.8 Å². The Hall–Kier alpha value is -1.93. The number of sulfone groups is 1. The van der Waals surface area contributed by atoms with E-state index in [0.717, 1.165) is 11.8 Å². The molecule has 1 aromatic carbocycles. The molecule has 0 radical (unpaired) electrons. The predicted molar refractivity (Wildman–Crippen MR) is 82.3 cm³/mol. The first-order chi connectivity index (χ1) is 10.3. The minimum absolute atomic E-state index is 0.00227. The van der Waals surface area contributed by atoms with Crippen LogP contribution in [0.3, 0.4) is 0 Å². The molecule has 0 aliphatic heterocycles. The number of carbonyl (C=O) groups is 2. The topological polar surface area (TPSA) is 113 Å². The van der Waals surface area contributed by atoms with Crippen LogP contribution in [0.1, 0.15) is 5.56 Å². The van der Waals surface area contributed by atoms with Gasteiger partial charge in [-0.15, -0.1) is 0 Å². The van der Waals surface area contributed by atoms with Crippen LogP contribution in [0.5, 0.6) is 0 Å². The van der Waals surface area contributed by atoms with Gasteiger partial charge < -0.3 is 10.4 Å². The van der Waals surface area contributed by atoms with Crippen molar-refractivity contribution in [3.8, 4) is 0 Å². The predicted octanol–water partition coefficient (Wildman–Crippen LogP) is -0.567. The highest BCUT2D eigenvalue weighted by Gasteiger charge is 2.19. The summed E-state index contributed by atoms with van der Waals surface area (Å²) in [6, 6.07) is 8.42. The van der Waals surface area contributed by atoms with Gasteiger partial charge in [-0.1, -0.05) is 30.3 Å². The Bertz CT molecular complexity index is 601. The summed E-state index contributed by atoms with van der Waals surface area (Å²) in [5.41, 5.74) is 0.878. The van der Waals surface area contributed by atoms with E-state index in [-0.39, 0.29) is 18.8 Å². The molecule has 1 amide bonds. The molecule has 1 aromatic rings. The van der Waals surface area contributed by atoms with Crippen molar-refractivity contribution in [3.63, 3.8) is 0 Å². The number of nitrogens with one attached hydrogen (secondary N) is 2. The molecule has 22 heavy (non-hydrogen) atoms. The van der Waals surface area contributed by atoms with E-state index in [1.807, 2.05) is 30.3 Å². The van der Waals surface area contributed by atoms with E-state index in [0.29, 0.717) is 6.42 Å². The molecule has 0 heterocycles. The molecule has 3 N–H and O–H groups in total. The summed E-state index contributed by atoms with van der Waals surface area (Å²) in [7, 11) is -3.16. The fourth-order valence-corrected chi connectivity index (χ4v) is 2.27. The average molecular weight is 328 g/mol. The molecule has 7 nitrogen and oxygen atoms in total. The molecular formula is C14H20N2O5S. The van der Waals surface area contributed by atoms with Gasteiger partial charge >= 0.3 is 5.97 Å². The Kier molecular flexibility index (Phi) is 7.00. The normalized spacial score (nSPS) is 12.6. The summed E-state index contributed by atoms with van der Waals surface area (Å²) >= 11 is 0. The molecule has 0 aromatic heterocycles. The van der Waals surface area contributed by atoms with Crippen molar-refractivity contribution in [3.05, 3.63) is 35.9 Å². The lowest BCUT2D eigenvalue weighted by Gasteiger charge is -2.17. The highest BCUT2D eigenvalue weighted by molar-refractivity contribution is 7.90. The minimum Gasteiger partial charge on any atom is -0.480 e. The number of hydrogen-bond acceptors (Lipinski definition) is 5. The van der Waals surface area contributed by atoms with Crippen LogP contribution in [0, 0.1) is 0 Å². The molecule has 0 saturated heterocycles. The molecule has 8 heteroatoms. The van der Waals surface area contributed by atoms with Crippen molar-refractivity contribution in [2.75, 3.05) is 25.1 Å². The van der Waals surface area contributed by atoms with Crippen molar-refractivity contribution < 1.29 is 23.1 Å². The molecule has 0 unspecified atom stereocenters. The van der Waals surface area contributed by atoms with E-state index in [4.69, 9.17) is 5.11 Å². The molecule has 0 aliphatic rings. The highest BCUT2D eigenvalue weighted by Crippen LogP contribution is 2.03. The van der Waals surface area contributed by atoms with Crippen LogP contribution in [0.2, 0.25) is 0 Å². The zero-order valence-corrected chi connectivity index (χ0v) is 13.1. The lowest BCUT2D eigenvalue weighted by molar-refractivity contribution is -0.136. The van der Waals surface area contributed by atoms with Crippen LogP contribution in [0.25, 0.3) is 0 Å². The van der Waals surface area contributed by atoms with Crippen LogP contribution in [0.4, 0.5) is 0 Å². The van der Waals surface area contributed by atoms with Gasteiger partial charge in [0.25, 0.3) is 0 Å². The van der Waals surface area contributed by atoms with Gasteiger partial charge in [-0.25, -0.2) is 8.42 Å². The first kappa shape index (κ1) is 18.1. The van der Waals surface area contributed by atoms with Gasteiger partial charge in [0.15, 0.2) is 0 Å². The van der Waals surface area contributed by atoms with Crippen molar-refractivity contribution in [2.24, 2.45) is 0 Å².